The molecule has 0 aromatic heterocycles. The van der Waals surface area contributed by atoms with E-state index in [1.807, 2.05) is 48.5 Å². The second-order valence-electron chi connectivity index (χ2n) is 8.66. The van der Waals surface area contributed by atoms with Crippen molar-refractivity contribution in [3.8, 4) is 11.1 Å². The number of carbonyl (C=O) groups is 3. The van der Waals surface area contributed by atoms with Crippen LogP contribution in [0, 0.1) is 0 Å². The molecule has 37 heavy (non-hydrogen) atoms. The van der Waals surface area contributed by atoms with E-state index in [2.05, 4.69) is 5.32 Å². The second kappa shape index (κ2) is 11.8. The fraction of sp³-hybridized carbons (Fsp3) is 0.250. The highest BCUT2D eigenvalue weighted by Crippen LogP contribution is 2.44. The van der Waals surface area contributed by atoms with Crippen LogP contribution in [0.3, 0.4) is 0 Å². The molecule has 0 fully saturated rings. The molecule has 0 spiro atoms. The molecule has 1 aliphatic carbocycles. The van der Waals surface area contributed by atoms with Crippen molar-refractivity contribution in [1.29, 1.82) is 0 Å². The summed E-state index contributed by atoms with van der Waals surface area (Å²) in [6.45, 7) is 0.0612. The molecule has 1 aliphatic rings. The van der Waals surface area contributed by atoms with Crippen molar-refractivity contribution in [2.75, 3.05) is 12.9 Å². The average molecular weight is 522 g/mol. The van der Waals surface area contributed by atoms with Gasteiger partial charge in [0.1, 0.15) is 19.3 Å². The van der Waals surface area contributed by atoms with Crippen LogP contribution in [-0.2, 0) is 36.5 Å². The summed E-state index contributed by atoms with van der Waals surface area (Å²) >= 11 is 0. The van der Waals surface area contributed by atoms with Crippen LogP contribution in [0.15, 0.2) is 77.7 Å². The molecule has 0 aliphatic heterocycles. The van der Waals surface area contributed by atoms with E-state index in [0.29, 0.717) is 10.5 Å². The fourth-order valence-corrected chi connectivity index (χ4v) is 4.83. The molecular weight excluding hydrogens is 494 g/mol. The lowest BCUT2D eigenvalue weighted by Crippen LogP contribution is -2.41. The van der Waals surface area contributed by atoms with E-state index in [1.54, 1.807) is 30.5 Å². The zero-order valence-corrected chi connectivity index (χ0v) is 21.0. The molecule has 0 bridgehead atoms. The summed E-state index contributed by atoms with van der Waals surface area (Å²) in [5.41, 5.74) is 4.99. The number of rotatable bonds is 10. The zero-order chi connectivity index (χ0) is 26.4. The third-order valence-electron chi connectivity index (χ3n) is 6.23. The van der Waals surface area contributed by atoms with Gasteiger partial charge in [0.15, 0.2) is 0 Å². The van der Waals surface area contributed by atoms with E-state index in [9.17, 15) is 23.7 Å². The molecule has 2 N–H and O–H groups in total. The first-order valence-electron chi connectivity index (χ1n) is 11.8. The summed E-state index contributed by atoms with van der Waals surface area (Å²) in [5, 5.41) is 11.8. The topological polar surface area (TPSA) is 119 Å². The molecule has 0 radical (unpaired) electrons. The molecule has 0 saturated heterocycles. The number of alkyl carbamates (subject to hydrolysis) is 1. The van der Waals surface area contributed by atoms with Gasteiger partial charge in [-0.15, -0.1) is 0 Å². The molecule has 3 aromatic rings. The maximum atomic E-state index is 12.4. The maximum Gasteiger partial charge on any atom is 0.407 e. The van der Waals surface area contributed by atoms with E-state index in [1.165, 1.54) is 0 Å². The zero-order valence-electron chi connectivity index (χ0n) is 20.2. The predicted octanol–water partition coefficient (Wildman–Crippen LogP) is 4.24. The van der Waals surface area contributed by atoms with Crippen LogP contribution in [0.2, 0.25) is 0 Å². The van der Waals surface area contributed by atoms with Crippen LogP contribution >= 0.6 is 0 Å². The lowest BCUT2D eigenvalue weighted by Gasteiger charge is -2.17. The number of hydrogen-bond donors (Lipinski definition) is 2. The molecule has 0 saturated carbocycles. The number of aliphatic carboxylic acids is 1. The van der Waals surface area contributed by atoms with Crippen LogP contribution in [0.25, 0.3) is 11.1 Å². The van der Waals surface area contributed by atoms with Crippen LogP contribution in [0.5, 0.6) is 0 Å². The number of benzene rings is 3. The number of amides is 1. The van der Waals surface area contributed by atoms with Gasteiger partial charge in [-0.1, -0.05) is 60.7 Å². The molecule has 1 amide bonds. The Balaban J connectivity index is 1.26. The molecule has 192 valence electrons. The highest BCUT2D eigenvalue weighted by atomic mass is 32.2. The van der Waals surface area contributed by atoms with Crippen molar-refractivity contribution < 1.29 is 33.2 Å². The van der Waals surface area contributed by atoms with Gasteiger partial charge in [-0.3, -0.25) is 9.00 Å². The maximum absolute atomic E-state index is 12.4. The third kappa shape index (κ3) is 6.42. The number of fused-ring (bicyclic) bond motifs is 3. The van der Waals surface area contributed by atoms with Gasteiger partial charge in [-0.25, -0.2) is 9.59 Å². The lowest BCUT2D eigenvalue weighted by atomic mass is 9.98. The van der Waals surface area contributed by atoms with Crippen LogP contribution < -0.4 is 5.32 Å². The number of carboxylic acids is 1. The first-order valence-corrected chi connectivity index (χ1v) is 13.3. The monoisotopic (exact) mass is 521 g/mol. The molecule has 1 unspecified atom stereocenters. The van der Waals surface area contributed by atoms with E-state index in [4.69, 9.17) is 9.47 Å². The normalized spacial score (nSPS) is 13.6. The Hall–Kier alpha value is -3.98. The van der Waals surface area contributed by atoms with E-state index < -0.39 is 34.9 Å². The average Bonchev–Trinajstić information content (AvgIpc) is 3.22. The molecule has 3 aromatic carbocycles. The molecule has 0 heterocycles. The first-order chi connectivity index (χ1) is 17.8. The Labute approximate surface area is 217 Å². The van der Waals surface area contributed by atoms with Crippen molar-refractivity contribution >= 4 is 28.8 Å². The first kappa shape index (κ1) is 26.1. The largest absolute Gasteiger partial charge is 0.480 e. The Morgan fingerprint density at radius 3 is 2.08 bits per heavy atom. The Morgan fingerprint density at radius 2 is 1.51 bits per heavy atom. The van der Waals surface area contributed by atoms with Gasteiger partial charge in [0.05, 0.1) is 0 Å². The number of esters is 1. The molecule has 2 atom stereocenters. The summed E-state index contributed by atoms with van der Waals surface area (Å²) < 4.78 is 22.0. The standard InChI is InChI=1S/C28H27NO7S/c1-37(34)19-12-10-18(11-13-19)16-35-26(30)15-14-25(27(31)32)29-28(33)36-17-24-22-8-4-2-6-20(22)21-7-3-5-9-23(21)24/h2-13,24-25H,14-17H2,1H3,(H,29,33)(H,31,32)/t25-,37?/m0/s1. The lowest BCUT2D eigenvalue weighted by molar-refractivity contribution is -0.145. The van der Waals surface area contributed by atoms with Crippen molar-refractivity contribution in [3.63, 3.8) is 0 Å². The Morgan fingerprint density at radius 1 is 0.919 bits per heavy atom. The quantitative estimate of drug-likeness (QED) is 0.383. The van der Waals surface area contributed by atoms with Crippen LogP contribution in [-0.4, -0.2) is 46.3 Å². The predicted molar refractivity (Wildman–Crippen MR) is 137 cm³/mol. The van der Waals surface area contributed by atoms with Gasteiger partial charge in [0.2, 0.25) is 0 Å². The minimum absolute atomic E-state index is 0.00695. The van der Waals surface area contributed by atoms with Gasteiger partial charge in [0, 0.05) is 34.3 Å². The van der Waals surface area contributed by atoms with Crippen molar-refractivity contribution in [2.45, 2.75) is 36.3 Å². The minimum Gasteiger partial charge on any atom is -0.480 e. The smallest absolute Gasteiger partial charge is 0.407 e. The molecular formula is C28H27NO7S. The summed E-state index contributed by atoms with van der Waals surface area (Å²) in [7, 11) is -1.10. The number of ether oxygens (including phenoxy) is 2. The highest BCUT2D eigenvalue weighted by Gasteiger charge is 2.30. The SMILES string of the molecule is CS(=O)c1ccc(COC(=O)CC[C@H](NC(=O)OCC2c3ccccc3-c3ccccc32)C(=O)O)cc1. The third-order valence-corrected chi connectivity index (χ3v) is 7.16. The summed E-state index contributed by atoms with van der Waals surface area (Å²) in [5.74, 6) is -2.02. The van der Waals surface area contributed by atoms with Gasteiger partial charge in [0.25, 0.3) is 0 Å². The molecule has 9 heteroatoms. The van der Waals surface area contributed by atoms with Gasteiger partial charge < -0.3 is 19.9 Å². The molecule has 4 rings (SSSR count). The van der Waals surface area contributed by atoms with Crippen LogP contribution in [0.1, 0.15) is 35.4 Å². The number of carboxylic acid groups (broad SMARTS) is 1. The molecule has 8 nitrogen and oxygen atoms in total. The number of carbonyl (C=O) groups excluding carboxylic acids is 2. The highest BCUT2D eigenvalue weighted by molar-refractivity contribution is 7.84. The van der Waals surface area contributed by atoms with Gasteiger partial charge in [-0.05, 0) is 46.4 Å². The van der Waals surface area contributed by atoms with E-state index in [-0.39, 0.29) is 32.0 Å². The Kier molecular flexibility index (Phi) is 8.35. The van der Waals surface area contributed by atoms with E-state index >= 15 is 0 Å². The number of nitrogens with one attached hydrogen (secondary N) is 1. The van der Waals surface area contributed by atoms with Gasteiger partial charge >= 0.3 is 18.0 Å². The summed E-state index contributed by atoms with van der Waals surface area (Å²) in [4.78, 5) is 36.9. The van der Waals surface area contributed by atoms with E-state index in [0.717, 1.165) is 22.3 Å². The fourth-order valence-electron chi connectivity index (χ4n) is 4.32. The van der Waals surface area contributed by atoms with Gasteiger partial charge in [-0.2, -0.15) is 0 Å². The summed E-state index contributed by atoms with van der Waals surface area (Å²) in [6.07, 6.45) is 0.366. The minimum atomic E-state index is -1.30. The van der Waals surface area contributed by atoms with Crippen molar-refractivity contribution in [1.82, 2.24) is 5.32 Å². The van der Waals surface area contributed by atoms with Crippen molar-refractivity contribution in [2.24, 2.45) is 0 Å². The van der Waals surface area contributed by atoms with Crippen molar-refractivity contribution in [3.05, 3.63) is 89.5 Å². The second-order valence-corrected chi connectivity index (χ2v) is 10.0. The Bertz CT molecular complexity index is 1280. The summed E-state index contributed by atoms with van der Waals surface area (Å²) in [6, 6.07) is 21.3. The number of hydrogen-bond acceptors (Lipinski definition) is 6. The van der Waals surface area contributed by atoms with Crippen LogP contribution in [0.4, 0.5) is 4.79 Å².